The third-order valence-electron chi connectivity index (χ3n) is 2.30. The number of nitrogens with two attached hydrogens (primary N) is 1. The lowest BCUT2D eigenvalue weighted by atomic mass is 10.1. The van der Waals surface area contributed by atoms with Crippen molar-refractivity contribution in [3.8, 4) is 0 Å². The second-order valence-corrected chi connectivity index (χ2v) is 3.96. The highest BCUT2D eigenvalue weighted by Gasteiger charge is 2.15. The van der Waals surface area contributed by atoms with E-state index < -0.39 is 0 Å². The lowest BCUT2D eigenvalue weighted by Gasteiger charge is -2.21. The molecule has 1 heterocycles. The van der Waals surface area contributed by atoms with E-state index in [0.29, 0.717) is 13.0 Å². The molecular formula is C11H20N2O2. The van der Waals surface area contributed by atoms with E-state index in [2.05, 4.69) is 5.32 Å². The molecule has 15 heavy (non-hydrogen) atoms. The van der Waals surface area contributed by atoms with Crippen molar-refractivity contribution in [3.63, 3.8) is 0 Å². The van der Waals surface area contributed by atoms with Gasteiger partial charge in [0.25, 0.3) is 0 Å². The molecule has 4 heteroatoms. The minimum Gasteiger partial charge on any atom is -0.468 e. The Morgan fingerprint density at radius 2 is 2.27 bits per heavy atom. The molecule has 0 radical (unpaired) electrons. The van der Waals surface area contributed by atoms with Gasteiger partial charge >= 0.3 is 0 Å². The topological polar surface area (TPSA) is 71.4 Å². The van der Waals surface area contributed by atoms with E-state index in [1.165, 1.54) is 0 Å². The van der Waals surface area contributed by atoms with Gasteiger partial charge in [0.2, 0.25) is 0 Å². The molecule has 4 nitrogen and oxygen atoms in total. The highest BCUT2D eigenvalue weighted by molar-refractivity contribution is 5.05. The number of furan rings is 1. The Morgan fingerprint density at radius 1 is 1.53 bits per heavy atom. The predicted octanol–water partition coefficient (Wildman–Crippen LogP) is 1.03. The fraction of sp³-hybridized carbons (Fsp3) is 0.636. The normalized spacial score (nSPS) is 17.3. The van der Waals surface area contributed by atoms with Crippen molar-refractivity contribution >= 4 is 0 Å². The van der Waals surface area contributed by atoms with Crippen LogP contribution in [-0.2, 0) is 0 Å². The molecule has 3 atom stereocenters. The summed E-state index contributed by atoms with van der Waals surface area (Å²) < 4.78 is 5.29. The summed E-state index contributed by atoms with van der Waals surface area (Å²) in [7, 11) is 0. The standard InChI is InChI=1S/C11H20N2O2/c1-8(6-9(2)14)13-10(7-12)11-4-3-5-15-11/h3-5,8-10,13-14H,6-7,12H2,1-2H3. The number of rotatable bonds is 6. The molecule has 0 saturated heterocycles. The summed E-state index contributed by atoms with van der Waals surface area (Å²) in [6, 6.07) is 3.98. The van der Waals surface area contributed by atoms with Crippen LogP contribution in [0.2, 0.25) is 0 Å². The zero-order valence-corrected chi connectivity index (χ0v) is 9.31. The van der Waals surface area contributed by atoms with Gasteiger partial charge in [-0.15, -0.1) is 0 Å². The molecule has 1 aromatic rings. The zero-order chi connectivity index (χ0) is 11.3. The Morgan fingerprint density at radius 3 is 2.73 bits per heavy atom. The Hall–Kier alpha value is -0.840. The van der Waals surface area contributed by atoms with E-state index in [-0.39, 0.29) is 18.2 Å². The highest BCUT2D eigenvalue weighted by atomic mass is 16.3. The first-order chi connectivity index (χ1) is 7.13. The van der Waals surface area contributed by atoms with Crippen LogP contribution in [0.25, 0.3) is 0 Å². The number of aliphatic hydroxyl groups excluding tert-OH is 1. The van der Waals surface area contributed by atoms with Crippen molar-refractivity contribution in [2.45, 2.75) is 38.5 Å². The van der Waals surface area contributed by atoms with E-state index in [4.69, 9.17) is 10.2 Å². The maximum absolute atomic E-state index is 9.24. The Kier molecular flexibility index (Phi) is 4.81. The SMILES string of the molecule is CC(O)CC(C)NC(CN)c1ccco1. The Balaban J connectivity index is 2.47. The van der Waals surface area contributed by atoms with Gasteiger partial charge in [-0.2, -0.15) is 0 Å². The van der Waals surface area contributed by atoms with Crippen LogP contribution in [0.1, 0.15) is 32.1 Å². The summed E-state index contributed by atoms with van der Waals surface area (Å²) in [5, 5.41) is 12.6. The highest BCUT2D eigenvalue weighted by Crippen LogP contribution is 2.13. The van der Waals surface area contributed by atoms with Gasteiger partial charge in [0.1, 0.15) is 5.76 Å². The van der Waals surface area contributed by atoms with Gasteiger partial charge in [-0.1, -0.05) is 0 Å². The average Bonchev–Trinajstić information content (AvgIpc) is 2.65. The zero-order valence-electron chi connectivity index (χ0n) is 9.31. The van der Waals surface area contributed by atoms with Crippen molar-refractivity contribution in [3.05, 3.63) is 24.2 Å². The van der Waals surface area contributed by atoms with Crippen molar-refractivity contribution < 1.29 is 9.52 Å². The first-order valence-corrected chi connectivity index (χ1v) is 5.31. The molecule has 0 bridgehead atoms. The van der Waals surface area contributed by atoms with Crippen molar-refractivity contribution in [1.82, 2.24) is 5.32 Å². The first-order valence-electron chi connectivity index (χ1n) is 5.31. The molecule has 0 saturated carbocycles. The Bertz CT molecular complexity index is 260. The van der Waals surface area contributed by atoms with E-state index in [9.17, 15) is 5.11 Å². The van der Waals surface area contributed by atoms with E-state index in [0.717, 1.165) is 5.76 Å². The molecule has 1 rings (SSSR count). The molecule has 0 aromatic carbocycles. The Labute approximate surface area is 90.5 Å². The van der Waals surface area contributed by atoms with Gasteiger partial charge in [0.05, 0.1) is 18.4 Å². The second kappa shape index (κ2) is 5.90. The summed E-state index contributed by atoms with van der Waals surface area (Å²) in [6.45, 7) is 4.29. The second-order valence-electron chi connectivity index (χ2n) is 3.96. The third-order valence-corrected chi connectivity index (χ3v) is 2.30. The van der Waals surface area contributed by atoms with Gasteiger partial charge < -0.3 is 20.6 Å². The van der Waals surface area contributed by atoms with Gasteiger partial charge in [0, 0.05) is 12.6 Å². The minimum atomic E-state index is -0.303. The summed E-state index contributed by atoms with van der Waals surface area (Å²) in [4.78, 5) is 0. The maximum Gasteiger partial charge on any atom is 0.121 e. The maximum atomic E-state index is 9.24. The van der Waals surface area contributed by atoms with Crippen LogP contribution < -0.4 is 11.1 Å². The van der Waals surface area contributed by atoms with Crippen LogP contribution in [-0.4, -0.2) is 23.8 Å². The lowest BCUT2D eigenvalue weighted by molar-refractivity contribution is 0.167. The molecular weight excluding hydrogens is 192 g/mol. The van der Waals surface area contributed by atoms with Gasteiger partial charge in [-0.25, -0.2) is 0 Å². The molecule has 3 unspecified atom stereocenters. The van der Waals surface area contributed by atoms with Crippen LogP contribution in [0, 0.1) is 0 Å². The van der Waals surface area contributed by atoms with E-state index in [1.807, 2.05) is 19.1 Å². The monoisotopic (exact) mass is 212 g/mol. The predicted molar refractivity (Wildman–Crippen MR) is 59.4 cm³/mol. The van der Waals surface area contributed by atoms with Crippen LogP contribution >= 0.6 is 0 Å². The summed E-state index contributed by atoms with van der Waals surface area (Å²) in [5.74, 6) is 0.843. The molecule has 0 spiro atoms. The van der Waals surface area contributed by atoms with Gasteiger partial charge in [0.15, 0.2) is 0 Å². The van der Waals surface area contributed by atoms with Crippen LogP contribution in [0.5, 0.6) is 0 Å². The van der Waals surface area contributed by atoms with Crippen LogP contribution in [0.4, 0.5) is 0 Å². The fourth-order valence-corrected chi connectivity index (χ4v) is 1.68. The average molecular weight is 212 g/mol. The lowest BCUT2D eigenvalue weighted by Crippen LogP contribution is -2.36. The smallest absolute Gasteiger partial charge is 0.121 e. The fourth-order valence-electron chi connectivity index (χ4n) is 1.68. The van der Waals surface area contributed by atoms with Crippen LogP contribution in [0.3, 0.4) is 0 Å². The molecule has 86 valence electrons. The molecule has 1 aromatic heterocycles. The third kappa shape index (κ3) is 4.03. The largest absolute Gasteiger partial charge is 0.468 e. The van der Waals surface area contributed by atoms with Gasteiger partial charge in [-0.05, 0) is 32.4 Å². The quantitative estimate of drug-likeness (QED) is 0.658. The minimum absolute atomic E-state index is 0.0220. The number of hydrogen-bond acceptors (Lipinski definition) is 4. The molecule has 0 aliphatic heterocycles. The van der Waals surface area contributed by atoms with E-state index in [1.54, 1.807) is 13.2 Å². The molecule has 0 fully saturated rings. The summed E-state index contributed by atoms with van der Waals surface area (Å²) in [5.41, 5.74) is 5.66. The van der Waals surface area contributed by atoms with Gasteiger partial charge in [-0.3, -0.25) is 0 Å². The molecule has 0 aliphatic carbocycles. The van der Waals surface area contributed by atoms with Crippen molar-refractivity contribution in [2.24, 2.45) is 5.73 Å². The summed E-state index contributed by atoms with van der Waals surface area (Å²) >= 11 is 0. The number of hydrogen-bond donors (Lipinski definition) is 3. The van der Waals surface area contributed by atoms with Crippen LogP contribution in [0.15, 0.2) is 22.8 Å². The van der Waals surface area contributed by atoms with E-state index >= 15 is 0 Å². The first kappa shape index (κ1) is 12.2. The number of nitrogens with one attached hydrogen (secondary N) is 1. The number of aliphatic hydroxyl groups is 1. The summed E-state index contributed by atoms with van der Waals surface area (Å²) in [6.07, 6.45) is 2.04. The molecule has 0 aliphatic rings. The molecule has 4 N–H and O–H groups in total. The van der Waals surface area contributed by atoms with Crippen molar-refractivity contribution in [2.75, 3.05) is 6.54 Å². The van der Waals surface area contributed by atoms with Crippen molar-refractivity contribution in [1.29, 1.82) is 0 Å². The molecule has 0 amide bonds.